The summed E-state index contributed by atoms with van der Waals surface area (Å²) in [6.07, 6.45) is 2.15. The Balaban J connectivity index is 1.39. The zero-order valence-corrected chi connectivity index (χ0v) is 22.1. The van der Waals surface area contributed by atoms with Crippen molar-refractivity contribution in [1.82, 2.24) is 19.3 Å². The number of hydrogen-bond donors (Lipinski definition) is 2. The van der Waals surface area contributed by atoms with Gasteiger partial charge < -0.3 is 15.7 Å². The van der Waals surface area contributed by atoms with Crippen LogP contribution in [0.15, 0.2) is 54.7 Å². The first-order valence-electron chi connectivity index (χ1n) is 13.0. The number of aliphatic hydroxyl groups is 1. The highest BCUT2D eigenvalue weighted by Gasteiger charge is 2.38. The number of nitrogens with zero attached hydrogens (tertiary/aromatic N) is 4. The van der Waals surface area contributed by atoms with Crippen molar-refractivity contribution >= 4 is 28.8 Å². The number of benzene rings is 2. The summed E-state index contributed by atoms with van der Waals surface area (Å²) in [5.41, 5.74) is 7.52. The number of imidazole rings is 1. The Labute approximate surface area is 229 Å². The lowest BCUT2D eigenvalue weighted by Crippen LogP contribution is -2.41. The number of fused-ring (bicyclic) bond motifs is 2. The summed E-state index contributed by atoms with van der Waals surface area (Å²) in [5.74, 6) is 1.18. The molecule has 4 heterocycles. The topological polar surface area (TPSA) is 96.8 Å². The average molecular weight is 552 g/mol. The summed E-state index contributed by atoms with van der Waals surface area (Å²) in [7, 11) is 0. The first-order valence-corrected chi connectivity index (χ1v) is 13.4. The van der Waals surface area contributed by atoms with Crippen LogP contribution in [0.2, 0.25) is 5.15 Å². The van der Waals surface area contributed by atoms with Crippen molar-refractivity contribution in [1.29, 1.82) is 0 Å². The minimum atomic E-state index is -2.63. The number of rotatable bonds is 5. The molecular weight excluding hydrogens is 524 g/mol. The van der Waals surface area contributed by atoms with E-state index >= 15 is 0 Å². The van der Waals surface area contributed by atoms with Crippen molar-refractivity contribution in [2.45, 2.75) is 56.6 Å². The number of carbonyl (C=O) groups excluding carboxylic acids is 1. The predicted molar refractivity (Wildman–Crippen MR) is 145 cm³/mol. The Bertz CT molecular complexity index is 1570. The maximum atomic E-state index is 13.3. The summed E-state index contributed by atoms with van der Waals surface area (Å²) in [4.78, 5) is 23.7. The van der Waals surface area contributed by atoms with E-state index in [4.69, 9.17) is 22.3 Å². The van der Waals surface area contributed by atoms with Crippen molar-refractivity contribution in [3.8, 4) is 11.3 Å². The van der Waals surface area contributed by atoms with E-state index in [1.807, 2.05) is 21.4 Å². The molecule has 10 heteroatoms. The van der Waals surface area contributed by atoms with Crippen LogP contribution in [-0.2, 0) is 10.4 Å². The Hall–Kier alpha value is -3.56. The molecule has 202 valence electrons. The largest absolute Gasteiger partial charge is 0.382 e. The number of anilines is 1. The zero-order chi connectivity index (χ0) is 27.5. The van der Waals surface area contributed by atoms with E-state index in [0.717, 1.165) is 30.7 Å². The first kappa shape index (κ1) is 25.7. The lowest BCUT2D eigenvalue weighted by atomic mass is 9.87. The highest BCUT2D eigenvalue weighted by Crippen LogP contribution is 2.40. The van der Waals surface area contributed by atoms with Crippen molar-refractivity contribution in [2.24, 2.45) is 0 Å². The van der Waals surface area contributed by atoms with Crippen molar-refractivity contribution in [3.63, 3.8) is 0 Å². The third kappa shape index (κ3) is 4.33. The van der Waals surface area contributed by atoms with Gasteiger partial charge in [-0.3, -0.25) is 9.20 Å². The molecule has 0 bridgehead atoms. The maximum Gasteiger partial charge on any atom is 0.263 e. The van der Waals surface area contributed by atoms with Crippen LogP contribution in [0.25, 0.3) is 16.8 Å². The number of piperidine rings is 1. The first-order chi connectivity index (χ1) is 18.6. The highest BCUT2D eigenvalue weighted by molar-refractivity contribution is 6.30. The highest BCUT2D eigenvalue weighted by atomic mass is 35.5. The van der Waals surface area contributed by atoms with Crippen LogP contribution in [0.5, 0.6) is 0 Å². The van der Waals surface area contributed by atoms with Crippen LogP contribution in [0.1, 0.15) is 67.5 Å². The van der Waals surface area contributed by atoms with Crippen LogP contribution in [0.3, 0.4) is 0 Å². The predicted octanol–water partition coefficient (Wildman–Crippen LogP) is 5.69. The Kier molecular flexibility index (Phi) is 6.31. The molecule has 2 aliphatic heterocycles. The SMILES string of the molecule is CC(O)(c1ccc(-c2nc([C@@H]3CC[C@H]4CCC(=O)N4C3)n3c(Cl)cnc(N)c23)cc1)c1cccc(C(F)F)c1. The van der Waals surface area contributed by atoms with E-state index in [1.54, 1.807) is 25.1 Å². The molecule has 3 atom stereocenters. The normalized spacial score (nSPS) is 21.0. The van der Waals surface area contributed by atoms with Crippen LogP contribution < -0.4 is 5.73 Å². The molecule has 1 amide bonds. The molecule has 2 saturated heterocycles. The van der Waals surface area contributed by atoms with Gasteiger partial charge in [0.2, 0.25) is 5.91 Å². The molecule has 6 rings (SSSR count). The van der Waals surface area contributed by atoms with E-state index in [1.165, 1.54) is 24.4 Å². The van der Waals surface area contributed by atoms with Crippen LogP contribution in [0, 0.1) is 0 Å². The van der Waals surface area contributed by atoms with Gasteiger partial charge in [0, 0.05) is 36.1 Å². The summed E-state index contributed by atoms with van der Waals surface area (Å²) in [6.45, 7) is 2.16. The Morgan fingerprint density at radius 3 is 2.64 bits per heavy atom. The second kappa shape index (κ2) is 9.57. The monoisotopic (exact) mass is 551 g/mol. The minimum Gasteiger partial charge on any atom is -0.382 e. The van der Waals surface area contributed by atoms with E-state index in [2.05, 4.69) is 4.98 Å². The molecule has 2 aromatic carbocycles. The van der Waals surface area contributed by atoms with Gasteiger partial charge in [-0.05, 0) is 43.4 Å². The number of hydrogen-bond acceptors (Lipinski definition) is 5. The minimum absolute atomic E-state index is 0.00836. The van der Waals surface area contributed by atoms with E-state index in [9.17, 15) is 18.7 Å². The second-order valence-corrected chi connectivity index (χ2v) is 10.9. The van der Waals surface area contributed by atoms with Gasteiger partial charge in [0.05, 0.1) is 6.20 Å². The smallest absolute Gasteiger partial charge is 0.263 e. The van der Waals surface area contributed by atoms with Gasteiger partial charge in [-0.2, -0.15) is 0 Å². The van der Waals surface area contributed by atoms with E-state index in [0.29, 0.717) is 46.5 Å². The molecule has 39 heavy (non-hydrogen) atoms. The summed E-state index contributed by atoms with van der Waals surface area (Å²) in [5, 5.41) is 11.7. The van der Waals surface area contributed by atoms with Gasteiger partial charge in [-0.1, -0.05) is 54.1 Å². The fourth-order valence-corrected chi connectivity index (χ4v) is 6.20. The molecule has 0 aliphatic carbocycles. The fourth-order valence-electron chi connectivity index (χ4n) is 5.98. The van der Waals surface area contributed by atoms with Crippen molar-refractivity contribution < 1.29 is 18.7 Å². The summed E-state index contributed by atoms with van der Waals surface area (Å²) in [6, 6.07) is 13.2. The van der Waals surface area contributed by atoms with Gasteiger partial charge in [-0.25, -0.2) is 18.7 Å². The Morgan fingerprint density at radius 1 is 1.13 bits per heavy atom. The molecule has 7 nitrogen and oxygen atoms in total. The molecule has 2 aliphatic rings. The van der Waals surface area contributed by atoms with E-state index in [-0.39, 0.29) is 23.2 Å². The lowest BCUT2D eigenvalue weighted by molar-refractivity contribution is -0.130. The van der Waals surface area contributed by atoms with Gasteiger partial charge >= 0.3 is 0 Å². The number of halogens is 3. The van der Waals surface area contributed by atoms with Gasteiger partial charge in [-0.15, -0.1) is 0 Å². The van der Waals surface area contributed by atoms with Crippen LogP contribution >= 0.6 is 11.6 Å². The third-order valence-electron chi connectivity index (χ3n) is 8.17. The second-order valence-electron chi connectivity index (χ2n) is 10.6. The lowest BCUT2D eigenvalue weighted by Gasteiger charge is -2.34. The van der Waals surface area contributed by atoms with E-state index < -0.39 is 12.0 Å². The number of aromatic nitrogens is 3. The standard InChI is InChI=1S/C29H28ClF2N5O2/c1-29(39,20-4-2-3-17(13-20)26(31)32)19-8-5-16(6-9-19)24-25-27(33)34-14-22(30)37(25)28(35-24)18-7-10-21-11-12-23(38)36(21)15-18/h2-6,8-9,13-14,18,21,26,39H,7,10-12,15H2,1H3,(H2,33,34)/t18-,21+,29?/m1/s1. The van der Waals surface area contributed by atoms with Gasteiger partial charge in [0.25, 0.3) is 6.43 Å². The molecular formula is C29H28ClF2N5O2. The van der Waals surface area contributed by atoms with Crippen LogP contribution in [0.4, 0.5) is 14.6 Å². The molecule has 3 N–H and O–H groups in total. The maximum absolute atomic E-state index is 13.3. The van der Waals surface area contributed by atoms with Crippen molar-refractivity contribution in [2.75, 3.05) is 12.3 Å². The number of nitrogen functional groups attached to an aromatic ring is 1. The van der Waals surface area contributed by atoms with Crippen molar-refractivity contribution in [3.05, 3.63) is 82.4 Å². The number of amides is 1. The quantitative estimate of drug-likeness (QED) is 0.332. The molecule has 2 fully saturated rings. The Morgan fingerprint density at radius 2 is 1.90 bits per heavy atom. The number of carbonyl (C=O) groups is 1. The molecule has 0 spiro atoms. The number of alkyl halides is 2. The molecule has 1 unspecified atom stereocenters. The van der Waals surface area contributed by atoms with Crippen LogP contribution in [-0.4, -0.2) is 42.9 Å². The molecule has 0 radical (unpaired) electrons. The van der Waals surface area contributed by atoms with Gasteiger partial charge in [0.1, 0.15) is 33.6 Å². The van der Waals surface area contributed by atoms with Gasteiger partial charge in [0.15, 0.2) is 0 Å². The average Bonchev–Trinajstić information content (AvgIpc) is 3.53. The molecule has 2 aromatic heterocycles. The molecule has 4 aromatic rings. The summed E-state index contributed by atoms with van der Waals surface area (Å²) >= 11 is 6.62. The summed E-state index contributed by atoms with van der Waals surface area (Å²) < 4.78 is 28.3. The zero-order valence-electron chi connectivity index (χ0n) is 21.3. The fraction of sp³-hybridized carbons (Fsp3) is 0.345. The third-order valence-corrected chi connectivity index (χ3v) is 8.44. The number of nitrogens with two attached hydrogens (primary N) is 1. The molecule has 0 saturated carbocycles.